The van der Waals surface area contributed by atoms with Gasteiger partial charge in [-0.1, -0.05) is 19.1 Å². The molecule has 1 saturated heterocycles. The highest BCUT2D eigenvalue weighted by Crippen LogP contribution is 2.21. The number of anilines is 1. The summed E-state index contributed by atoms with van der Waals surface area (Å²) in [5.41, 5.74) is 1.10. The first-order valence-electron chi connectivity index (χ1n) is 9.30. The molecule has 2 heterocycles. The Kier molecular flexibility index (Phi) is 6.28. The molecule has 3 rings (SSSR count). The summed E-state index contributed by atoms with van der Waals surface area (Å²) in [4.78, 5) is 11.2. The zero-order valence-corrected chi connectivity index (χ0v) is 16.6. The standard InChI is InChI=1S/C19H26N4O3S/c1-3-16-6-8-17(9-7-16)27(24,25)20-10-13-26-19-14-18(21-15(2)22-19)23-11-4-5-12-23/h6-9,14,20H,3-5,10-13H2,1-2H3. The number of aromatic nitrogens is 2. The van der Waals surface area contributed by atoms with Crippen molar-refractivity contribution in [2.75, 3.05) is 31.1 Å². The Balaban J connectivity index is 1.54. The summed E-state index contributed by atoms with van der Waals surface area (Å²) in [6.45, 7) is 6.21. The molecule has 1 N–H and O–H groups in total. The van der Waals surface area contributed by atoms with Crippen LogP contribution < -0.4 is 14.4 Å². The van der Waals surface area contributed by atoms with E-state index in [0.717, 1.165) is 30.9 Å². The topological polar surface area (TPSA) is 84.4 Å². The molecule has 0 amide bonds. The Morgan fingerprint density at radius 3 is 2.52 bits per heavy atom. The molecule has 1 aliphatic rings. The first-order valence-corrected chi connectivity index (χ1v) is 10.8. The van der Waals surface area contributed by atoms with Gasteiger partial charge in [-0.25, -0.2) is 18.1 Å². The van der Waals surface area contributed by atoms with Crippen molar-refractivity contribution < 1.29 is 13.2 Å². The Morgan fingerprint density at radius 2 is 1.85 bits per heavy atom. The van der Waals surface area contributed by atoms with Crippen LogP contribution >= 0.6 is 0 Å². The van der Waals surface area contributed by atoms with Gasteiger partial charge in [0.25, 0.3) is 0 Å². The minimum absolute atomic E-state index is 0.167. The van der Waals surface area contributed by atoms with Gasteiger partial charge in [0.1, 0.15) is 18.2 Å². The molecule has 0 unspecified atom stereocenters. The fraction of sp³-hybridized carbons (Fsp3) is 0.474. The second-order valence-corrected chi connectivity index (χ2v) is 8.32. The predicted molar refractivity (Wildman–Crippen MR) is 105 cm³/mol. The van der Waals surface area contributed by atoms with Crippen LogP contribution in [-0.2, 0) is 16.4 Å². The van der Waals surface area contributed by atoms with Gasteiger partial charge in [-0.2, -0.15) is 4.98 Å². The molecule has 1 fully saturated rings. The van der Waals surface area contributed by atoms with Gasteiger partial charge in [-0.15, -0.1) is 0 Å². The first kappa shape index (κ1) is 19.6. The van der Waals surface area contributed by atoms with Crippen molar-refractivity contribution in [3.8, 4) is 5.88 Å². The zero-order valence-electron chi connectivity index (χ0n) is 15.8. The first-order chi connectivity index (χ1) is 13.0. The van der Waals surface area contributed by atoms with Crippen molar-refractivity contribution in [1.82, 2.24) is 14.7 Å². The number of rotatable bonds is 8. The van der Waals surface area contributed by atoms with E-state index in [1.54, 1.807) is 12.1 Å². The smallest absolute Gasteiger partial charge is 0.240 e. The van der Waals surface area contributed by atoms with Gasteiger partial charge in [0, 0.05) is 25.7 Å². The minimum Gasteiger partial charge on any atom is -0.476 e. The Hall–Kier alpha value is -2.19. The van der Waals surface area contributed by atoms with Gasteiger partial charge in [0.05, 0.1) is 4.90 Å². The molecule has 1 aliphatic heterocycles. The Morgan fingerprint density at radius 1 is 1.15 bits per heavy atom. The van der Waals surface area contributed by atoms with Crippen LogP contribution in [0.4, 0.5) is 5.82 Å². The summed E-state index contributed by atoms with van der Waals surface area (Å²) in [6, 6.07) is 8.72. The SMILES string of the molecule is CCc1ccc(S(=O)(=O)NCCOc2cc(N3CCCC3)nc(C)n2)cc1. The Labute approximate surface area is 160 Å². The average molecular weight is 391 g/mol. The summed E-state index contributed by atoms with van der Waals surface area (Å²) >= 11 is 0. The highest BCUT2D eigenvalue weighted by molar-refractivity contribution is 7.89. The fourth-order valence-corrected chi connectivity index (χ4v) is 4.04. The molecule has 7 nitrogen and oxygen atoms in total. The molecule has 27 heavy (non-hydrogen) atoms. The van der Waals surface area contributed by atoms with Crippen LogP contribution in [0.3, 0.4) is 0 Å². The molecule has 1 aromatic carbocycles. The number of nitrogens with one attached hydrogen (secondary N) is 1. The van der Waals surface area contributed by atoms with Gasteiger partial charge in [0.15, 0.2) is 0 Å². The molecule has 0 aliphatic carbocycles. The third-order valence-corrected chi connectivity index (χ3v) is 5.99. The maximum atomic E-state index is 12.3. The maximum absolute atomic E-state index is 12.3. The lowest BCUT2D eigenvalue weighted by atomic mass is 10.2. The van der Waals surface area contributed by atoms with Crippen LogP contribution in [0.25, 0.3) is 0 Å². The summed E-state index contributed by atoms with van der Waals surface area (Å²) in [5.74, 6) is 1.98. The molecule has 2 aromatic rings. The monoisotopic (exact) mass is 390 g/mol. The van der Waals surface area contributed by atoms with Crippen molar-refractivity contribution in [3.05, 3.63) is 41.7 Å². The highest BCUT2D eigenvalue weighted by Gasteiger charge is 2.16. The minimum atomic E-state index is -3.54. The molecule has 0 atom stereocenters. The molecule has 1 aromatic heterocycles. The summed E-state index contributed by atoms with van der Waals surface area (Å²) in [7, 11) is -3.54. The van der Waals surface area contributed by atoms with E-state index in [2.05, 4.69) is 19.6 Å². The van der Waals surface area contributed by atoms with E-state index in [1.807, 2.05) is 32.0 Å². The molecule has 0 bridgehead atoms. The fourth-order valence-electron chi connectivity index (χ4n) is 3.03. The van der Waals surface area contributed by atoms with Crippen molar-refractivity contribution in [3.63, 3.8) is 0 Å². The van der Waals surface area contributed by atoms with Crippen LogP contribution in [0.15, 0.2) is 35.2 Å². The van der Waals surface area contributed by atoms with Crippen molar-refractivity contribution in [2.45, 2.75) is 38.0 Å². The third-order valence-electron chi connectivity index (χ3n) is 4.52. The number of hydrogen-bond donors (Lipinski definition) is 1. The summed E-state index contributed by atoms with van der Waals surface area (Å²) in [5, 5.41) is 0. The van der Waals surface area contributed by atoms with E-state index in [9.17, 15) is 8.42 Å². The van der Waals surface area contributed by atoms with E-state index < -0.39 is 10.0 Å². The molecule has 8 heteroatoms. The van der Waals surface area contributed by atoms with Crippen molar-refractivity contribution >= 4 is 15.8 Å². The molecular weight excluding hydrogens is 364 g/mol. The average Bonchev–Trinajstić information content (AvgIpc) is 3.20. The van der Waals surface area contributed by atoms with Crippen LogP contribution in [0.1, 0.15) is 31.2 Å². The number of hydrogen-bond acceptors (Lipinski definition) is 6. The molecule has 0 spiro atoms. The number of nitrogens with zero attached hydrogens (tertiary/aromatic N) is 3. The van der Waals surface area contributed by atoms with E-state index in [1.165, 1.54) is 12.8 Å². The van der Waals surface area contributed by atoms with Crippen molar-refractivity contribution in [1.29, 1.82) is 0 Å². The molecule has 146 valence electrons. The van der Waals surface area contributed by atoms with Crippen molar-refractivity contribution in [2.24, 2.45) is 0 Å². The lowest BCUT2D eigenvalue weighted by Gasteiger charge is -2.17. The lowest BCUT2D eigenvalue weighted by Crippen LogP contribution is -2.28. The summed E-state index contributed by atoms with van der Waals surface area (Å²) < 4.78 is 32.9. The van der Waals surface area contributed by atoms with E-state index >= 15 is 0 Å². The second-order valence-electron chi connectivity index (χ2n) is 6.55. The molecule has 0 saturated carbocycles. The molecule has 0 radical (unpaired) electrons. The van der Waals surface area contributed by atoms with E-state index in [-0.39, 0.29) is 18.0 Å². The largest absolute Gasteiger partial charge is 0.476 e. The maximum Gasteiger partial charge on any atom is 0.240 e. The lowest BCUT2D eigenvalue weighted by molar-refractivity contribution is 0.309. The normalized spacial score (nSPS) is 14.5. The number of sulfonamides is 1. The Bertz CT molecular complexity index is 863. The zero-order chi connectivity index (χ0) is 19.3. The van der Waals surface area contributed by atoms with Crippen LogP contribution in [-0.4, -0.2) is 44.6 Å². The van der Waals surface area contributed by atoms with Gasteiger partial charge in [0.2, 0.25) is 15.9 Å². The van der Waals surface area contributed by atoms with E-state index in [4.69, 9.17) is 4.74 Å². The van der Waals surface area contributed by atoms with Gasteiger partial charge in [-0.05, 0) is 43.9 Å². The van der Waals surface area contributed by atoms with Crippen LogP contribution in [0, 0.1) is 6.92 Å². The van der Waals surface area contributed by atoms with Gasteiger partial charge >= 0.3 is 0 Å². The van der Waals surface area contributed by atoms with Gasteiger partial charge < -0.3 is 9.64 Å². The van der Waals surface area contributed by atoms with Crippen LogP contribution in [0.2, 0.25) is 0 Å². The number of ether oxygens (including phenoxy) is 1. The second kappa shape index (κ2) is 8.67. The summed E-state index contributed by atoms with van der Waals surface area (Å²) in [6.07, 6.45) is 3.21. The molecular formula is C19H26N4O3S. The van der Waals surface area contributed by atoms with E-state index in [0.29, 0.717) is 11.7 Å². The predicted octanol–water partition coefficient (Wildman–Crippen LogP) is 2.30. The highest BCUT2D eigenvalue weighted by atomic mass is 32.2. The number of aryl methyl sites for hydroxylation is 2. The van der Waals surface area contributed by atoms with Gasteiger partial charge in [-0.3, -0.25) is 0 Å². The number of benzene rings is 1. The quantitative estimate of drug-likeness (QED) is 0.696. The third kappa shape index (κ3) is 5.17. The van der Waals surface area contributed by atoms with Crippen LogP contribution in [0.5, 0.6) is 5.88 Å².